The SMILES string of the molecule is CC(C)CNC(=O)c1ccccc1NC(=O)CN(CC(C)C)c1c(N)n(CC(C)C)c(=O)[nH]c1=O. The zero-order valence-electron chi connectivity index (χ0n) is 21.5. The molecule has 0 saturated carbocycles. The number of nitrogen functional groups attached to an aromatic ring is 1. The van der Waals surface area contributed by atoms with E-state index < -0.39 is 17.2 Å². The fourth-order valence-electron chi connectivity index (χ4n) is 3.65. The van der Waals surface area contributed by atoms with E-state index in [0.717, 1.165) is 0 Å². The van der Waals surface area contributed by atoms with Crippen molar-refractivity contribution in [3.05, 3.63) is 50.7 Å². The Balaban J connectivity index is 2.35. The van der Waals surface area contributed by atoms with Crippen molar-refractivity contribution in [3.8, 4) is 0 Å². The van der Waals surface area contributed by atoms with E-state index in [1.807, 2.05) is 41.5 Å². The van der Waals surface area contributed by atoms with Gasteiger partial charge in [0.25, 0.3) is 11.5 Å². The van der Waals surface area contributed by atoms with Gasteiger partial charge in [-0.15, -0.1) is 0 Å². The minimum atomic E-state index is -0.644. The molecule has 10 nitrogen and oxygen atoms in total. The van der Waals surface area contributed by atoms with E-state index in [4.69, 9.17) is 5.73 Å². The second kappa shape index (κ2) is 12.2. The molecule has 1 heterocycles. The number of anilines is 3. The van der Waals surface area contributed by atoms with Gasteiger partial charge in [0.05, 0.1) is 17.8 Å². The summed E-state index contributed by atoms with van der Waals surface area (Å²) in [5.74, 6) is -0.178. The zero-order chi connectivity index (χ0) is 26.3. The Morgan fingerprint density at radius 3 is 2.29 bits per heavy atom. The Labute approximate surface area is 205 Å². The number of H-pyrrole nitrogens is 1. The van der Waals surface area contributed by atoms with Crippen LogP contribution < -0.4 is 32.5 Å². The molecule has 0 aliphatic heterocycles. The lowest BCUT2D eigenvalue weighted by Crippen LogP contribution is -2.43. The van der Waals surface area contributed by atoms with Crippen LogP contribution in [0, 0.1) is 17.8 Å². The predicted molar refractivity (Wildman–Crippen MR) is 140 cm³/mol. The first kappa shape index (κ1) is 27.7. The number of hydrogen-bond donors (Lipinski definition) is 4. The normalized spacial score (nSPS) is 11.2. The maximum atomic E-state index is 13.1. The molecule has 192 valence electrons. The van der Waals surface area contributed by atoms with Crippen molar-refractivity contribution < 1.29 is 9.59 Å². The number of carbonyl (C=O) groups excluding carboxylic acids is 2. The first-order valence-corrected chi connectivity index (χ1v) is 11.9. The molecule has 0 aliphatic rings. The monoisotopic (exact) mass is 486 g/mol. The minimum Gasteiger partial charge on any atom is -0.383 e. The molecule has 0 fully saturated rings. The van der Waals surface area contributed by atoms with Gasteiger partial charge in [0, 0.05) is 19.6 Å². The van der Waals surface area contributed by atoms with Crippen LogP contribution in [0.1, 0.15) is 51.9 Å². The Morgan fingerprint density at radius 2 is 1.69 bits per heavy atom. The Hall–Kier alpha value is -3.56. The predicted octanol–water partition coefficient (Wildman–Crippen LogP) is 2.26. The van der Waals surface area contributed by atoms with Crippen LogP contribution in [0.5, 0.6) is 0 Å². The van der Waals surface area contributed by atoms with E-state index in [0.29, 0.717) is 30.9 Å². The minimum absolute atomic E-state index is 0.0226. The quantitative estimate of drug-likeness (QED) is 0.384. The van der Waals surface area contributed by atoms with Crippen molar-refractivity contribution >= 4 is 29.0 Å². The van der Waals surface area contributed by atoms with Crippen molar-refractivity contribution in [2.24, 2.45) is 17.8 Å². The molecule has 2 amide bonds. The van der Waals surface area contributed by atoms with Gasteiger partial charge >= 0.3 is 5.69 Å². The van der Waals surface area contributed by atoms with Crippen molar-refractivity contribution in [2.75, 3.05) is 35.6 Å². The molecule has 0 aliphatic carbocycles. The number of nitrogens with one attached hydrogen (secondary N) is 3. The fourth-order valence-corrected chi connectivity index (χ4v) is 3.65. The summed E-state index contributed by atoms with van der Waals surface area (Å²) in [5, 5.41) is 5.64. The van der Waals surface area contributed by atoms with E-state index >= 15 is 0 Å². The third-order valence-corrected chi connectivity index (χ3v) is 5.11. The maximum Gasteiger partial charge on any atom is 0.330 e. The molecule has 0 radical (unpaired) electrons. The molecule has 35 heavy (non-hydrogen) atoms. The molecule has 10 heteroatoms. The van der Waals surface area contributed by atoms with Gasteiger partial charge in [-0.1, -0.05) is 53.7 Å². The van der Waals surface area contributed by atoms with Gasteiger partial charge in [-0.05, 0) is 29.9 Å². The number of carbonyl (C=O) groups is 2. The van der Waals surface area contributed by atoms with E-state index in [2.05, 4.69) is 15.6 Å². The van der Waals surface area contributed by atoms with E-state index in [1.54, 1.807) is 29.2 Å². The molecular formula is C25H38N6O4. The molecule has 0 spiro atoms. The van der Waals surface area contributed by atoms with Crippen LogP contribution in [-0.4, -0.2) is 41.0 Å². The topological polar surface area (TPSA) is 142 Å². The van der Waals surface area contributed by atoms with Crippen LogP contribution in [0.4, 0.5) is 17.2 Å². The van der Waals surface area contributed by atoms with Crippen LogP contribution >= 0.6 is 0 Å². The highest BCUT2D eigenvalue weighted by atomic mass is 16.2. The summed E-state index contributed by atoms with van der Waals surface area (Å²) in [6, 6.07) is 6.75. The van der Waals surface area contributed by atoms with Crippen LogP contribution in [0.25, 0.3) is 0 Å². The molecule has 0 unspecified atom stereocenters. The second-order valence-corrected chi connectivity index (χ2v) is 9.97. The number of aromatic amines is 1. The lowest BCUT2D eigenvalue weighted by atomic mass is 10.1. The van der Waals surface area contributed by atoms with E-state index in [-0.39, 0.29) is 41.7 Å². The number of benzene rings is 1. The van der Waals surface area contributed by atoms with Crippen LogP contribution in [0.15, 0.2) is 33.9 Å². The Morgan fingerprint density at radius 1 is 1.03 bits per heavy atom. The average molecular weight is 487 g/mol. The molecule has 2 aromatic rings. The van der Waals surface area contributed by atoms with Gasteiger partial charge < -0.3 is 21.3 Å². The first-order chi connectivity index (χ1) is 16.4. The summed E-state index contributed by atoms with van der Waals surface area (Å²) >= 11 is 0. The van der Waals surface area contributed by atoms with Crippen molar-refractivity contribution in [3.63, 3.8) is 0 Å². The molecule has 0 bridgehead atoms. The van der Waals surface area contributed by atoms with E-state index in [9.17, 15) is 19.2 Å². The number of para-hydroxylation sites is 1. The lowest BCUT2D eigenvalue weighted by Gasteiger charge is -2.27. The molecule has 0 saturated heterocycles. The number of amides is 2. The van der Waals surface area contributed by atoms with Crippen LogP contribution in [0.3, 0.4) is 0 Å². The highest BCUT2D eigenvalue weighted by Crippen LogP contribution is 2.20. The average Bonchev–Trinajstić information content (AvgIpc) is 2.74. The highest BCUT2D eigenvalue weighted by Gasteiger charge is 2.23. The lowest BCUT2D eigenvalue weighted by molar-refractivity contribution is -0.115. The molecule has 5 N–H and O–H groups in total. The Bertz CT molecular complexity index is 1150. The van der Waals surface area contributed by atoms with Crippen molar-refractivity contribution in [2.45, 2.75) is 48.1 Å². The van der Waals surface area contributed by atoms with Crippen LogP contribution in [-0.2, 0) is 11.3 Å². The second-order valence-electron chi connectivity index (χ2n) is 9.97. The summed E-state index contributed by atoms with van der Waals surface area (Å²) in [5.41, 5.74) is 5.85. The summed E-state index contributed by atoms with van der Waals surface area (Å²) in [6.45, 7) is 12.8. The van der Waals surface area contributed by atoms with Gasteiger partial charge in [0.1, 0.15) is 11.5 Å². The van der Waals surface area contributed by atoms with Gasteiger partial charge in [0.2, 0.25) is 5.91 Å². The molecule has 2 rings (SSSR count). The van der Waals surface area contributed by atoms with Crippen LogP contribution in [0.2, 0.25) is 0 Å². The number of nitrogens with zero attached hydrogens (tertiary/aromatic N) is 2. The summed E-state index contributed by atoms with van der Waals surface area (Å²) in [7, 11) is 0. The van der Waals surface area contributed by atoms with E-state index in [1.165, 1.54) is 4.57 Å². The number of nitrogens with two attached hydrogens (primary N) is 1. The van der Waals surface area contributed by atoms with Crippen molar-refractivity contribution in [1.82, 2.24) is 14.9 Å². The summed E-state index contributed by atoms with van der Waals surface area (Å²) in [4.78, 5) is 54.7. The van der Waals surface area contributed by atoms with Gasteiger partial charge in [-0.2, -0.15) is 0 Å². The number of aromatic nitrogens is 2. The highest BCUT2D eigenvalue weighted by molar-refractivity contribution is 6.04. The Kier molecular flexibility index (Phi) is 9.68. The maximum absolute atomic E-state index is 13.1. The zero-order valence-corrected chi connectivity index (χ0v) is 21.5. The smallest absolute Gasteiger partial charge is 0.330 e. The molecule has 1 aromatic heterocycles. The molecule has 1 aromatic carbocycles. The third kappa shape index (κ3) is 7.73. The number of rotatable bonds is 11. The molecular weight excluding hydrogens is 448 g/mol. The third-order valence-electron chi connectivity index (χ3n) is 5.11. The van der Waals surface area contributed by atoms with Gasteiger partial charge in [-0.3, -0.25) is 23.9 Å². The summed E-state index contributed by atoms with van der Waals surface area (Å²) in [6.07, 6.45) is 0. The van der Waals surface area contributed by atoms with Crippen molar-refractivity contribution in [1.29, 1.82) is 0 Å². The fraction of sp³-hybridized carbons (Fsp3) is 0.520. The van der Waals surface area contributed by atoms with Gasteiger partial charge in [-0.25, -0.2) is 4.79 Å². The summed E-state index contributed by atoms with van der Waals surface area (Å²) < 4.78 is 1.32. The largest absolute Gasteiger partial charge is 0.383 e. The standard InChI is InChI=1S/C25H38N6O4/c1-15(2)11-27-23(33)18-9-7-8-10-19(18)28-20(32)14-30(12-16(3)4)21-22(26)31(13-17(5)6)25(35)29-24(21)34/h7-10,15-17H,11-14,26H2,1-6H3,(H,27,33)(H,28,32)(H,29,34,35). The molecule has 0 atom stereocenters. The van der Waals surface area contributed by atoms with Gasteiger partial charge in [0.15, 0.2) is 0 Å². The first-order valence-electron chi connectivity index (χ1n) is 11.9. The number of hydrogen-bond acceptors (Lipinski definition) is 6.